The summed E-state index contributed by atoms with van der Waals surface area (Å²) >= 11 is 0. The van der Waals surface area contributed by atoms with Crippen molar-refractivity contribution in [1.82, 2.24) is 55.7 Å². The van der Waals surface area contributed by atoms with E-state index in [-0.39, 0.29) is 89.7 Å². The lowest BCUT2D eigenvalue weighted by Crippen LogP contribution is -2.55. The highest BCUT2D eigenvalue weighted by molar-refractivity contribution is 6.06. The van der Waals surface area contributed by atoms with Crippen molar-refractivity contribution in [3.63, 3.8) is 0 Å². The maximum absolute atomic E-state index is 13.7. The van der Waals surface area contributed by atoms with Crippen molar-refractivity contribution in [3.05, 3.63) is 71.8 Å². The maximum atomic E-state index is 13.7. The summed E-state index contributed by atoms with van der Waals surface area (Å²) < 4.78 is 8.84. The third-order valence-electron chi connectivity index (χ3n) is 10.7. The number of aldehydes is 1. The topological polar surface area (TPSA) is 326 Å². The second-order valence-corrected chi connectivity index (χ2v) is 17.4. The fraction of sp³-hybridized carbons (Fsp3) is 0.457. The van der Waals surface area contributed by atoms with Gasteiger partial charge in [0.1, 0.15) is 42.9 Å². The summed E-state index contributed by atoms with van der Waals surface area (Å²) in [4.78, 5) is 98.5. The highest BCUT2D eigenvalue weighted by atomic mass is 16.6. The predicted molar refractivity (Wildman–Crippen MR) is 255 cm³/mol. The second-order valence-electron chi connectivity index (χ2n) is 17.4. The third kappa shape index (κ3) is 15.4. The largest absolute Gasteiger partial charge is 0.445 e. The highest BCUT2D eigenvalue weighted by Crippen LogP contribution is 2.30. The number of nitrogen functional groups attached to an aromatic ring is 1. The fourth-order valence-electron chi connectivity index (χ4n) is 7.29. The van der Waals surface area contributed by atoms with E-state index in [4.69, 9.17) is 21.2 Å². The number of imidazole rings is 1. The third-order valence-corrected chi connectivity index (χ3v) is 10.7. The first-order chi connectivity index (χ1) is 32.8. The minimum Gasteiger partial charge on any atom is -0.445 e. The molecular weight excluding hydrogens is 893 g/mol. The van der Waals surface area contributed by atoms with E-state index in [0.717, 1.165) is 5.39 Å². The zero-order valence-corrected chi connectivity index (χ0v) is 39.5. The summed E-state index contributed by atoms with van der Waals surface area (Å²) in [5.41, 5.74) is 13.7. The number of rotatable bonds is 25. The van der Waals surface area contributed by atoms with E-state index >= 15 is 0 Å². The maximum Gasteiger partial charge on any atom is 0.410 e. The quantitative estimate of drug-likeness (QED) is 0.0307. The molecule has 0 bridgehead atoms. The van der Waals surface area contributed by atoms with Crippen molar-refractivity contribution >= 4 is 75.5 Å². The van der Waals surface area contributed by atoms with Crippen LogP contribution in [0.3, 0.4) is 0 Å². The summed E-state index contributed by atoms with van der Waals surface area (Å²) in [6, 6.07) is 11.2. The molecule has 0 unspecified atom stereocenters. The zero-order valence-electron chi connectivity index (χ0n) is 39.5. The van der Waals surface area contributed by atoms with Crippen molar-refractivity contribution in [1.29, 1.82) is 0 Å². The molecule has 0 aliphatic carbocycles. The number of primary amides is 1. The average molecular weight is 955 g/mol. The van der Waals surface area contributed by atoms with Gasteiger partial charge in [0.25, 0.3) is 0 Å². The number of para-hydroxylation sites is 1. The van der Waals surface area contributed by atoms with Crippen molar-refractivity contribution in [2.45, 2.75) is 111 Å². The molecule has 3 aromatic heterocycles. The summed E-state index contributed by atoms with van der Waals surface area (Å²) in [5.74, 6) is -1.67. The molecule has 0 saturated heterocycles. The van der Waals surface area contributed by atoms with Crippen LogP contribution >= 0.6 is 0 Å². The highest BCUT2D eigenvalue weighted by Gasteiger charge is 2.30. The molecule has 370 valence electrons. The van der Waals surface area contributed by atoms with Gasteiger partial charge in [-0.2, -0.15) is 0 Å². The number of pyridine rings is 1. The molecular formula is C46H62N14O9. The van der Waals surface area contributed by atoms with Crippen LogP contribution in [0, 0.1) is 5.92 Å². The normalized spacial score (nSPS) is 12.3. The standard InChI is InChI=1S/C46H62N14O9/c1-6-58(24-35-54-39-40(60(35)27-46(4,5)68)32-11-7-8-12-33(32)52-41(39)47)45(67)69-26-29-14-16-30(17-15-29)51-42(64)34(13-9-20-50-44(48)66)53-43(65)38(28(2)3)55-37(63)25-59-23-31(56-57-59)18-19-36(62)49-21-10-22-61/h7-8,11-12,14-17,22-23,28,34,38,68H,6,9-10,13,18-21,24-27H2,1-5H3,(H2,47,52)(H,49,62)(H,51,64)(H,53,65)(H,55,63)(H3,48,50,66)/t34-,38-/m0/s1. The van der Waals surface area contributed by atoms with Crippen LogP contribution in [0.1, 0.15) is 77.4 Å². The second kappa shape index (κ2) is 24.4. The number of aryl methyl sites for hydroxylation is 1. The molecule has 7 amide bonds. The molecule has 2 atom stereocenters. The van der Waals surface area contributed by atoms with Crippen LogP contribution in [0.2, 0.25) is 0 Å². The smallest absolute Gasteiger partial charge is 0.410 e. The van der Waals surface area contributed by atoms with Crippen LogP contribution in [-0.4, -0.2) is 119 Å². The molecule has 0 saturated carbocycles. The lowest BCUT2D eigenvalue weighted by atomic mass is 10.0. The lowest BCUT2D eigenvalue weighted by molar-refractivity contribution is -0.132. The number of ether oxygens (including phenoxy) is 1. The summed E-state index contributed by atoms with van der Waals surface area (Å²) in [5, 5.41) is 32.9. The zero-order chi connectivity index (χ0) is 50.3. The number of carbonyl (C=O) groups is 7. The Morgan fingerprint density at radius 3 is 2.38 bits per heavy atom. The minimum absolute atomic E-state index is 0.0547. The Morgan fingerprint density at radius 2 is 1.70 bits per heavy atom. The molecule has 5 aromatic rings. The number of aromatic nitrogens is 6. The summed E-state index contributed by atoms with van der Waals surface area (Å²) in [6.45, 7) is 9.15. The van der Waals surface area contributed by atoms with E-state index in [0.29, 0.717) is 45.6 Å². The summed E-state index contributed by atoms with van der Waals surface area (Å²) in [7, 11) is 0. The molecule has 23 nitrogen and oxygen atoms in total. The van der Waals surface area contributed by atoms with Gasteiger partial charge < -0.3 is 62.2 Å². The number of amides is 7. The number of nitrogens with two attached hydrogens (primary N) is 2. The van der Waals surface area contributed by atoms with Crippen LogP contribution in [-0.2, 0) is 61.4 Å². The van der Waals surface area contributed by atoms with Crippen LogP contribution in [0.15, 0.2) is 54.7 Å². The van der Waals surface area contributed by atoms with Gasteiger partial charge in [-0.15, -0.1) is 5.10 Å². The van der Waals surface area contributed by atoms with Gasteiger partial charge in [-0.1, -0.05) is 49.4 Å². The number of aliphatic hydroxyl groups is 1. The van der Waals surface area contributed by atoms with Gasteiger partial charge in [0.15, 0.2) is 5.82 Å². The van der Waals surface area contributed by atoms with Crippen molar-refractivity contribution in [2.24, 2.45) is 11.7 Å². The van der Waals surface area contributed by atoms with E-state index < -0.39 is 53.4 Å². The number of fused-ring (bicyclic) bond motifs is 3. The van der Waals surface area contributed by atoms with Crippen molar-refractivity contribution in [2.75, 3.05) is 30.7 Å². The molecule has 5 rings (SSSR count). The Bertz CT molecular complexity index is 2600. The van der Waals surface area contributed by atoms with E-state index in [1.54, 1.807) is 58.9 Å². The number of anilines is 2. The Balaban J connectivity index is 1.19. The van der Waals surface area contributed by atoms with Gasteiger partial charge in [-0.3, -0.25) is 19.2 Å². The first-order valence-electron chi connectivity index (χ1n) is 22.6. The monoisotopic (exact) mass is 954 g/mol. The van der Waals surface area contributed by atoms with E-state index in [2.05, 4.69) is 41.9 Å². The van der Waals surface area contributed by atoms with Gasteiger partial charge in [0, 0.05) is 56.2 Å². The molecule has 10 N–H and O–H groups in total. The molecule has 23 heteroatoms. The molecule has 0 fully saturated rings. The van der Waals surface area contributed by atoms with Gasteiger partial charge in [-0.25, -0.2) is 24.2 Å². The summed E-state index contributed by atoms with van der Waals surface area (Å²) in [6.07, 6.45) is 2.57. The van der Waals surface area contributed by atoms with Crippen LogP contribution in [0.25, 0.3) is 21.9 Å². The van der Waals surface area contributed by atoms with Crippen LogP contribution in [0.5, 0.6) is 0 Å². The van der Waals surface area contributed by atoms with E-state index in [1.807, 2.05) is 28.8 Å². The molecule has 0 radical (unpaired) electrons. The SMILES string of the molecule is CCN(Cc1nc2c(N)nc3ccccc3c2n1CC(C)(C)O)C(=O)OCc1ccc(NC(=O)[C@H](CCCNC(N)=O)NC(=O)[C@@H](NC(=O)Cn2cc(CCC(=O)NCCC=O)nn2)C(C)C)cc1. The minimum atomic E-state index is -1.13. The van der Waals surface area contributed by atoms with E-state index in [1.165, 1.54) is 15.8 Å². The number of carbonyl (C=O) groups excluding carboxylic acids is 7. The first-order valence-corrected chi connectivity index (χ1v) is 22.6. The molecule has 0 aliphatic rings. The van der Waals surface area contributed by atoms with Gasteiger partial charge in [-0.05, 0) is 63.3 Å². The predicted octanol–water partition coefficient (Wildman–Crippen LogP) is 2.04. The van der Waals surface area contributed by atoms with Gasteiger partial charge in [0.2, 0.25) is 23.6 Å². The van der Waals surface area contributed by atoms with Crippen LogP contribution in [0.4, 0.5) is 21.1 Å². The number of hydrogen-bond donors (Lipinski definition) is 8. The van der Waals surface area contributed by atoms with Crippen LogP contribution < -0.4 is 38.1 Å². The Kier molecular flexibility index (Phi) is 18.5. The molecule has 3 heterocycles. The molecule has 0 spiro atoms. The van der Waals surface area contributed by atoms with Crippen molar-refractivity contribution in [3.8, 4) is 0 Å². The number of nitrogens with zero attached hydrogens (tertiary/aromatic N) is 7. The number of hydrogen-bond acceptors (Lipinski definition) is 14. The number of benzene rings is 2. The fourth-order valence-corrected chi connectivity index (χ4v) is 7.29. The van der Waals surface area contributed by atoms with Gasteiger partial charge in [0.05, 0.1) is 35.4 Å². The van der Waals surface area contributed by atoms with E-state index in [9.17, 15) is 38.7 Å². The Hall–Kier alpha value is -7.69. The Morgan fingerprint density at radius 1 is 0.957 bits per heavy atom. The number of nitrogens with one attached hydrogen (secondary N) is 5. The van der Waals surface area contributed by atoms with Crippen molar-refractivity contribution < 1.29 is 43.4 Å². The molecule has 0 aliphatic heterocycles. The first kappa shape index (κ1) is 52.3. The average Bonchev–Trinajstić information content (AvgIpc) is 3.90. The lowest BCUT2D eigenvalue weighted by Gasteiger charge is -2.25. The molecule has 2 aromatic carbocycles. The molecule has 69 heavy (non-hydrogen) atoms. The van der Waals surface area contributed by atoms with Gasteiger partial charge >= 0.3 is 12.1 Å². The number of urea groups is 1. The Labute approximate surface area is 398 Å².